The lowest BCUT2D eigenvalue weighted by atomic mass is 10.1. The third kappa shape index (κ3) is 5.21. The van der Waals surface area contributed by atoms with Crippen LogP contribution < -0.4 is 19.7 Å². The standard InChI is InChI=1S/C19H26N6O2S.HI/c1-3-17-22-19(28-23-17)25-10-8-24(9-11-25)18(20-2)21-7-6-14-4-5-15-16(12-14)27-13-26-15;/h4-5,12H,3,6-11,13H2,1-2H3,(H,20,21);1H. The topological polar surface area (TPSA) is 75.1 Å². The molecule has 1 N–H and O–H groups in total. The summed E-state index contributed by atoms with van der Waals surface area (Å²) < 4.78 is 15.2. The molecular formula is C19H27IN6O2S. The maximum Gasteiger partial charge on any atom is 0.231 e. The van der Waals surface area contributed by atoms with Gasteiger partial charge in [-0.2, -0.15) is 4.37 Å². The first kappa shape index (κ1) is 21.9. The van der Waals surface area contributed by atoms with Crippen molar-refractivity contribution in [2.75, 3.05) is 51.5 Å². The van der Waals surface area contributed by atoms with Gasteiger partial charge in [0.15, 0.2) is 17.5 Å². The van der Waals surface area contributed by atoms with Gasteiger partial charge in [-0.3, -0.25) is 4.99 Å². The van der Waals surface area contributed by atoms with Gasteiger partial charge in [0.05, 0.1) is 0 Å². The number of nitrogens with zero attached hydrogens (tertiary/aromatic N) is 5. The predicted molar refractivity (Wildman–Crippen MR) is 126 cm³/mol. The van der Waals surface area contributed by atoms with E-state index in [0.717, 1.165) is 74.0 Å². The Balaban J connectivity index is 0.00000240. The summed E-state index contributed by atoms with van der Waals surface area (Å²) in [5.41, 5.74) is 1.22. The van der Waals surface area contributed by atoms with Crippen LogP contribution in [0.2, 0.25) is 0 Å². The molecule has 3 heterocycles. The molecule has 2 aromatic rings. The van der Waals surface area contributed by atoms with E-state index < -0.39 is 0 Å². The highest BCUT2D eigenvalue weighted by atomic mass is 127. The first-order valence-corrected chi connectivity index (χ1v) is 10.5. The zero-order valence-corrected chi connectivity index (χ0v) is 19.9. The Morgan fingerprint density at radius 1 is 1.21 bits per heavy atom. The molecule has 0 atom stereocenters. The van der Waals surface area contributed by atoms with Crippen LogP contribution in [0.5, 0.6) is 11.5 Å². The van der Waals surface area contributed by atoms with Crippen molar-refractivity contribution in [1.82, 2.24) is 19.6 Å². The summed E-state index contributed by atoms with van der Waals surface area (Å²) in [6, 6.07) is 6.12. The first-order valence-electron chi connectivity index (χ1n) is 9.68. The highest BCUT2D eigenvalue weighted by molar-refractivity contribution is 14.0. The molecule has 0 unspecified atom stereocenters. The van der Waals surface area contributed by atoms with E-state index in [2.05, 4.69) is 48.5 Å². The molecule has 4 rings (SSSR count). The fourth-order valence-corrected chi connectivity index (χ4v) is 4.17. The number of hydrogen-bond donors (Lipinski definition) is 1. The van der Waals surface area contributed by atoms with Crippen molar-refractivity contribution in [2.24, 2.45) is 4.99 Å². The van der Waals surface area contributed by atoms with E-state index in [-0.39, 0.29) is 24.0 Å². The lowest BCUT2D eigenvalue weighted by molar-refractivity contribution is 0.174. The van der Waals surface area contributed by atoms with E-state index in [4.69, 9.17) is 9.47 Å². The van der Waals surface area contributed by atoms with E-state index in [1.807, 2.05) is 13.1 Å². The predicted octanol–water partition coefficient (Wildman–Crippen LogP) is 2.39. The van der Waals surface area contributed by atoms with Gasteiger partial charge in [0, 0.05) is 57.7 Å². The van der Waals surface area contributed by atoms with E-state index in [0.29, 0.717) is 6.79 Å². The molecule has 1 aromatic heterocycles. The molecule has 0 bridgehead atoms. The summed E-state index contributed by atoms with van der Waals surface area (Å²) in [6.07, 6.45) is 1.79. The molecule has 8 nitrogen and oxygen atoms in total. The molecule has 1 aromatic carbocycles. The molecule has 10 heteroatoms. The Kier molecular flexibility index (Phi) is 7.76. The second-order valence-electron chi connectivity index (χ2n) is 6.73. The summed E-state index contributed by atoms with van der Waals surface area (Å²) in [4.78, 5) is 13.7. The Hall–Kier alpha value is -1.82. The second-order valence-corrected chi connectivity index (χ2v) is 7.46. The number of anilines is 1. The van der Waals surface area contributed by atoms with Gasteiger partial charge in [-0.05, 0) is 24.1 Å². The monoisotopic (exact) mass is 530 g/mol. The number of rotatable bonds is 5. The number of nitrogens with one attached hydrogen (secondary N) is 1. The van der Waals surface area contributed by atoms with E-state index >= 15 is 0 Å². The number of piperazine rings is 1. The van der Waals surface area contributed by atoms with Crippen LogP contribution in [-0.2, 0) is 12.8 Å². The molecule has 0 saturated carbocycles. The Morgan fingerprint density at radius 3 is 2.72 bits per heavy atom. The summed E-state index contributed by atoms with van der Waals surface area (Å²) >= 11 is 1.50. The van der Waals surface area contributed by atoms with Gasteiger partial charge >= 0.3 is 0 Å². The Bertz CT molecular complexity index is 838. The van der Waals surface area contributed by atoms with Crippen LogP contribution in [0.25, 0.3) is 0 Å². The van der Waals surface area contributed by atoms with Gasteiger partial charge in [-0.1, -0.05) is 13.0 Å². The van der Waals surface area contributed by atoms with Gasteiger partial charge in [0.25, 0.3) is 0 Å². The lowest BCUT2D eigenvalue weighted by Crippen LogP contribution is -2.52. The maximum absolute atomic E-state index is 5.45. The minimum Gasteiger partial charge on any atom is -0.454 e. The Labute approximate surface area is 192 Å². The van der Waals surface area contributed by atoms with Crippen molar-refractivity contribution in [3.8, 4) is 11.5 Å². The van der Waals surface area contributed by atoms with Crippen molar-refractivity contribution in [2.45, 2.75) is 19.8 Å². The average Bonchev–Trinajstić information content (AvgIpc) is 3.40. The van der Waals surface area contributed by atoms with Gasteiger partial charge in [-0.15, -0.1) is 24.0 Å². The summed E-state index contributed by atoms with van der Waals surface area (Å²) in [6.45, 7) is 6.93. The highest BCUT2D eigenvalue weighted by Gasteiger charge is 2.22. The van der Waals surface area contributed by atoms with E-state index in [1.165, 1.54) is 17.1 Å². The minimum absolute atomic E-state index is 0. The molecule has 2 aliphatic heterocycles. The van der Waals surface area contributed by atoms with Crippen LogP contribution >= 0.6 is 35.5 Å². The van der Waals surface area contributed by atoms with Crippen molar-refractivity contribution >= 4 is 46.6 Å². The smallest absolute Gasteiger partial charge is 0.231 e. The van der Waals surface area contributed by atoms with E-state index in [1.54, 1.807) is 0 Å². The molecule has 1 fully saturated rings. The normalized spacial score (nSPS) is 16.0. The molecule has 2 aliphatic rings. The van der Waals surface area contributed by atoms with Crippen LogP contribution in [-0.4, -0.2) is 66.8 Å². The zero-order valence-electron chi connectivity index (χ0n) is 16.8. The fourth-order valence-electron chi connectivity index (χ4n) is 3.37. The third-order valence-electron chi connectivity index (χ3n) is 4.97. The number of halogens is 1. The number of guanidine groups is 1. The number of fused-ring (bicyclic) bond motifs is 1. The molecule has 158 valence electrons. The second kappa shape index (κ2) is 10.3. The van der Waals surface area contributed by atoms with Crippen molar-refractivity contribution in [3.05, 3.63) is 29.6 Å². The Morgan fingerprint density at radius 2 is 2.00 bits per heavy atom. The number of aromatic nitrogens is 2. The fraction of sp³-hybridized carbons (Fsp3) is 0.526. The largest absolute Gasteiger partial charge is 0.454 e. The molecular weight excluding hydrogens is 503 g/mol. The molecule has 0 aliphatic carbocycles. The van der Waals surface area contributed by atoms with Gasteiger partial charge in [0.1, 0.15) is 5.82 Å². The minimum atomic E-state index is 0. The summed E-state index contributed by atoms with van der Waals surface area (Å²) in [5, 5.41) is 4.51. The lowest BCUT2D eigenvalue weighted by Gasteiger charge is -2.36. The maximum atomic E-state index is 5.45. The SMILES string of the molecule is CCc1nsc(N2CCN(C(=NC)NCCc3ccc4c(c3)OCO4)CC2)n1.I. The van der Waals surface area contributed by atoms with Crippen LogP contribution in [0.1, 0.15) is 18.3 Å². The first-order chi connectivity index (χ1) is 13.8. The summed E-state index contributed by atoms with van der Waals surface area (Å²) in [5.74, 6) is 3.54. The molecule has 0 spiro atoms. The van der Waals surface area contributed by atoms with Crippen LogP contribution in [0.3, 0.4) is 0 Å². The zero-order chi connectivity index (χ0) is 19.3. The van der Waals surface area contributed by atoms with Gasteiger partial charge in [-0.25, -0.2) is 4.98 Å². The van der Waals surface area contributed by atoms with Crippen molar-refractivity contribution in [3.63, 3.8) is 0 Å². The van der Waals surface area contributed by atoms with Crippen LogP contribution in [0.15, 0.2) is 23.2 Å². The average molecular weight is 530 g/mol. The van der Waals surface area contributed by atoms with Crippen molar-refractivity contribution < 1.29 is 9.47 Å². The molecule has 0 amide bonds. The number of benzene rings is 1. The van der Waals surface area contributed by atoms with Gasteiger partial charge in [0.2, 0.25) is 11.9 Å². The number of hydrogen-bond acceptors (Lipinski definition) is 7. The van der Waals surface area contributed by atoms with Gasteiger partial charge < -0.3 is 24.6 Å². The van der Waals surface area contributed by atoms with E-state index in [9.17, 15) is 0 Å². The summed E-state index contributed by atoms with van der Waals surface area (Å²) in [7, 11) is 1.84. The number of aryl methyl sites for hydroxylation is 1. The number of ether oxygens (including phenoxy) is 2. The van der Waals surface area contributed by atoms with Crippen LogP contribution in [0.4, 0.5) is 5.13 Å². The van der Waals surface area contributed by atoms with Crippen molar-refractivity contribution in [1.29, 1.82) is 0 Å². The number of aliphatic imine (C=N–C) groups is 1. The quantitative estimate of drug-likeness (QED) is 0.362. The third-order valence-corrected chi connectivity index (χ3v) is 5.78. The highest BCUT2D eigenvalue weighted by Crippen LogP contribution is 2.32. The molecule has 29 heavy (non-hydrogen) atoms. The van der Waals surface area contributed by atoms with Crippen LogP contribution in [0, 0.1) is 0 Å². The molecule has 1 saturated heterocycles. The molecule has 0 radical (unpaired) electrons.